The molecule has 84 valence electrons. The molecule has 0 radical (unpaired) electrons. The second-order valence-corrected chi connectivity index (χ2v) is 3.26. The molecule has 3 heteroatoms. The second kappa shape index (κ2) is 6.19. The van der Waals surface area contributed by atoms with E-state index >= 15 is 0 Å². The van der Waals surface area contributed by atoms with Crippen LogP contribution in [0.5, 0.6) is 0 Å². The molecule has 0 heterocycles. The summed E-state index contributed by atoms with van der Waals surface area (Å²) in [5.74, 6) is -0.695. The Kier molecular flexibility index (Phi) is 5.64. The summed E-state index contributed by atoms with van der Waals surface area (Å²) in [5, 5.41) is 10.0. The van der Waals surface area contributed by atoms with Crippen molar-refractivity contribution >= 4 is 5.97 Å². The summed E-state index contributed by atoms with van der Waals surface area (Å²) in [6.07, 6.45) is 4.58. The number of carbonyl (C=O) groups excluding carboxylic acids is 1. The van der Waals surface area contributed by atoms with Crippen LogP contribution in [0.1, 0.15) is 19.8 Å². The van der Waals surface area contributed by atoms with Crippen LogP contribution in [0.4, 0.5) is 0 Å². The van der Waals surface area contributed by atoms with Crippen molar-refractivity contribution in [1.82, 2.24) is 0 Å². The molecule has 0 aliphatic carbocycles. The molecule has 0 aromatic heterocycles. The van der Waals surface area contributed by atoms with Gasteiger partial charge in [-0.05, 0) is 6.42 Å². The van der Waals surface area contributed by atoms with Gasteiger partial charge in [0.1, 0.15) is 5.60 Å². The first kappa shape index (κ1) is 13.7. The first-order valence-electron chi connectivity index (χ1n) is 4.84. The molecule has 15 heavy (non-hydrogen) atoms. The number of hydrogen-bond donors (Lipinski definition) is 1. The highest BCUT2D eigenvalue weighted by Crippen LogP contribution is 2.26. The zero-order valence-electron chi connectivity index (χ0n) is 9.11. The van der Waals surface area contributed by atoms with Crippen LogP contribution in [0.2, 0.25) is 0 Å². The molecule has 0 aliphatic heterocycles. The van der Waals surface area contributed by atoms with Crippen LogP contribution in [0.25, 0.3) is 0 Å². The molecular weight excluding hydrogens is 192 g/mol. The van der Waals surface area contributed by atoms with Crippen LogP contribution >= 0.6 is 0 Å². The van der Waals surface area contributed by atoms with E-state index in [1.54, 1.807) is 0 Å². The summed E-state index contributed by atoms with van der Waals surface area (Å²) in [7, 11) is 0. The Balaban J connectivity index is 4.60. The average molecular weight is 210 g/mol. The van der Waals surface area contributed by atoms with Gasteiger partial charge in [0.25, 0.3) is 0 Å². The van der Waals surface area contributed by atoms with Gasteiger partial charge in [-0.2, -0.15) is 0 Å². The van der Waals surface area contributed by atoms with E-state index in [1.807, 2.05) is 6.92 Å². The van der Waals surface area contributed by atoms with Crippen molar-refractivity contribution in [2.24, 2.45) is 5.92 Å². The van der Waals surface area contributed by atoms with Crippen LogP contribution in [-0.4, -0.2) is 16.7 Å². The third-order valence-corrected chi connectivity index (χ3v) is 2.43. The number of carbonyl (C=O) groups is 1. The third kappa shape index (κ3) is 3.72. The van der Waals surface area contributed by atoms with E-state index in [9.17, 15) is 9.90 Å². The second-order valence-electron chi connectivity index (χ2n) is 3.26. The smallest absolute Gasteiger partial charge is 0.310 e. The van der Waals surface area contributed by atoms with Gasteiger partial charge in [-0.25, -0.2) is 0 Å². The monoisotopic (exact) mass is 210 g/mol. The summed E-state index contributed by atoms with van der Waals surface area (Å²) in [6.45, 7) is 12.2. The Labute approximate surface area is 90.8 Å². The van der Waals surface area contributed by atoms with E-state index in [1.165, 1.54) is 12.2 Å². The largest absolute Gasteiger partial charge is 0.435 e. The lowest BCUT2D eigenvalue weighted by Crippen LogP contribution is -2.34. The summed E-state index contributed by atoms with van der Waals surface area (Å²) in [5.41, 5.74) is -1.23. The number of ether oxygens (including phenoxy) is 1. The number of rotatable bonds is 7. The van der Waals surface area contributed by atoms with Gasteiger partial charge in [-0.3, -0.25) is 4.79 Å². The fourth-order valence-electron chi connectivity index (χ4n) is 1.39. The van der Waals surface area contributed by atoms with Crippen molar-refractivity contribution in [3.8, 4) is 0 Å². The normalized spacial score (nSPS) is 12.7. The predicted octanol–water partition coefficient (Wildman–Crippen LogP) is 2.19. The highest BCUT2D eigenvalue weighted by Gasteiger charge is 2.31. The van der Waals surface area contributed by atoms with Crippen molar-refractivity contribution < 1.29 is 14.6 Å². The third-order valence-electron chi connectivity index (χ3n) is 2.43. The molecule has 0 rings (SSSR count). The lowest BCUT2D eigenvalue weighted by atomic mass is 9.83. The quantitative estimate of drug-likeness (QED) is 0.398. The van der Waals surface area contributed by atoms with E-state index in [4.69, 9.17) is 0 Å². The average Bonchev–Trinajstić information content (AvgIpc) is 2.25. The van der Waals surface area contributed by atoms with E-state index in [0.29, 0.717) is 6.42 Å². The Hall–Kier alpha value is -1.35. The molecule has 1 atom stereocenters. The molecular formula is C12H18O3. The molecule has 0 fully saturated rings. The van der Waals surface area contributed by atoms with Crippen molar-refractivity contribution in [1.29, 1.82) is 0 Å². The summed E-state index contributed by atoms with van der Waals surface area (Å²) < 4.78 is 4.60. The van der Waals surface area contributed by atoms with Gasteiger partial charge in [-0.1, -0.05) is 38.8 Å². The maximum atomic E-state index is 11.2. The van der Waals surface area contributed by atoms with E-state index < -0.39 is 11.6 Å². The van der Waals surface area contributed by atoms with Crippen molar-refractivity contribution in [3.05, 3.63) is 38.2 Å². The standard InChI is InChI=1S/C12H18O3/c1-5-10(9-11(13)15-8-4)12(14,6-2)7-3/h6-8,10,14H,2-5,9H2,1H3. The zero-order valence-corrected chi connectivity index (χ0v) is 9.11. The van der Waals surface area contributed by atoms with Gasteiger partial charge >= 0.3 is 5.97 Å². The van der Waals surface area contributed by atoms with Gasteiger partial charge in [0.05, 0.1) is 12.7 Å². The van der Waals surface area contributed by atoms with Gasteiger partial charge in [0, 0.05) is 5.92 Å². The highest BCUT2D eigenvalue weighted by molar-refractivity contribution is 5.70. The predicted molar refractivity (Wildman–Crippen MR) is 60.0 cm³/mol. The summed E-state index contributed by atoms with van der Waals surface area (Å²) in [6, 6.07) is 0. The fraction of sp³-hybridized carbons (Fsp3) is 0.417. The summed E-state index contributed by atoms with van der Waals surface area (Å²) in [4.78, 5) is 11.2. The van der Waals surface area contributed by atoms with Crippen molar-refractivity contribution in [3.63, 3.8) is 0 Å². The van der Waals surface area contributed by atoms with Crippen molar-refractivity contribution in [2.75, 3.05) is 0 Å². The van der Waals surface area contributed by atoms with E-state index in [2.05, 4.69) is 24.5 Å². The Morgan fingerprint density at radius 3 is 2.33 bits per heavy atom. The van der Waals surface area contributed by atoms with E-state index in [-0.39, 0.29) is 12.3 Å². The number of esters is 1. The molecule has 0 saturated carbocycles. The van der Waals surface area contributed by atoms with Crippen molar-refractivity contribution in [2.45, 2.75) is 25.4 Å². The Morgan fingerprint density at radius 2 is 2.00 bits per heavy atom. The van der Waals surface area contributed by atoms with Gasteiger partial charge in [0.2, 0.25) is 0 Å². The highest BCUT2D eigenvalue weighted by atomic mass is 16.5. The topological polar surface area (TPSA) is 46.5 Å². The lowest BCUT2D eigenvalue weighted by molar-refractivity contribution is -0.140. The molecule has 0 bridgehead atoms. The molecule has 0 spiro atoms. The maximum Gasteiger partial charge on any atom is 0.310 e. The Bertz CT molecular complexity index is 248. The Morgan fingerprint density at radius 1 is 1.47 bits per heavy atom. The molecule has 0 amide bonds. The van der Waals surface area contributed by atoms with Gasteiger partial charge in [0.15, 0.2) is 0 Å². The van der Waals surface area contributed by atoms with Gasteiger partial charge < -0.3 is 9.84 Å². The molecule has 0 saturated heterocycles. The molecule has 1 unspecified atom stereocenters. The molecule has 0 aromatic carbocycles. The van der Waals surface area contributed by atoms with Crippen LogP contribution in [0.15, 0.2) is 38.2 Å². The molecule has 3 nitrogen and oxygen atoms in total. The first-order chi connectivity index (χ1) is 7.03. The van der Waals surface area contributed by atoms with Crippen LogP contribution in [0, 0.1) is 5.92 Å². The molecule has 0 aliphatic rings. The van der Waals surface area contributed by atoms with Crippen LogP contribution in [-0.2, 0) is 9.53 Å². The fourth-order valence-corrected chi connectivity index (χ4v) is 1.39. The maximum absolute atomic E-state index is 11.2. The number of aliphatic hydroxyl groups is 1. The molecule has 1 N–H and O–H groups in total. The zero-order chi connectivity index (χ0) is 11.9. The SMILES string of the molecule is C=COC(=O)CC(CC)C(O)(C=C)C=C. The lowest BCUT2D eigenvalue weighted by Gasteiger charge is -2.29. The van der Waals surface area contributed by atoms with Crippen LogP contribution < -0.4 is 0 Å². The van der Waals surface area contributed by atoms with Gasteiger partial charge in [-0.15, -0.1) is 0 Å². The number of hydrogen-bond acceptors (Lipinski definition) is 3. The first-order valence-corrected chi connectivity index (χ1v) is 4.84. The minimum Gasteiger partial charge on any atom is -0.435 e. The minimum absolute atomic E-state index is 0.108. The van der Waals surface area contributed by atoms with E-state index in [0.717, 1.165) is 6.26 Å². The summed E-state index contributed by atoms with van der Waals surface area (Å²) >= 11 is 0. The molecule has 0 aromatic rings. The van der Waals surface area contributed by atoms with Crippen LogP contribution in [0.3, 0.4) is 0 Å². The minimum atomic E-state index is -1.23.